The molecule has 0 atom stereocenters. The van der Waals surface area contributed by atoms with Crippen molar-refractivity contribution in [3.05, 3.63) is 29.3 Å². The van der Waals surface area contributed by atoms with E-state index in [4.69, 9.17) is 5.73 Å². The van der Waals surface area contributed by atoms with Crippen LogP contribution in [0.3, 0.4) is 0 Å². The van der Waals surface area contributed by atoms with E-state index >= 15 is 0 Å². The van der Waals surface area contributed by atoms with Crippen molar-refractivity contribution in [2.45, 2.75) is 53.0 Å². The molecule has 0 aliphatic carbocycles. The molecular weight excluding hydrogens is 232 g/mol. The van der Waals surface area contributed by atoms with Crippen molar-refractivity contribution >= 4 is 5.69 Å². The summed E-state index contributed by atoms with van der Waals surface area (Å²) < 4.78 is 0. The van der Waals surface area contributed by atoms with Crippen LogP contribution in [0, 0.1) is 12.3 Å². The Kier molecular flexibility index (Phi) is 4.51. The molecule has 2 nitrogen and oxygen atoms in total. The summed E-state index contributed by atoms with van der Waals surface area (Å²) in [5.41, 5.74) is 10.5. The van der Waals surface area contributed by atoms with E-state index in [2.05, 4.69) is 43.9 Å². The second-order valence-corrected chi connectivity index (χ2v) is 6.13. The van der Waals surface area contributed by atoms with Crippen LogP contribution in [0.1, 0.15) is 50.7 Å². The quantitative estimate of drug-likeness (QED) is 0.841. The first-order valence-corrected chi connectivity index (χ1v) is 7.69. The molecule has 0 amide bonds. The van der Waals surface area contributed by atoms with Crippen LogP contribution in [0.4, 0.5) is 5.69 Å². The Morgan fingerprint density at radius 3 is 2.32 bits per heavy atom. The highest BCUT2D eigenvalue weighted by molar-refractivity contribution is 5.58. The van der Waals surface area contributed by atoms with Crippen LogP contribution in [0.5, 0.6) is 0 Å². The molecule has 2 rings (SSSR count). The number of hydrogen-bond donors (Lipinski definition) is 1. The third kappa shape index (κ3) is 2.79. The van der Waals surface area contributed by atoms with Gasteiger partial charge in [-0.1, -0.05) is 38.8 Å². The van der Waals surface area contributed by atoms with Gasteiger partial charge in [-0.2, -0.15) is 0 Å². The Labute approximate surface area is 118 Å². The average molecular weight is 260 g/mol. The van der Waals surface area contributed by atoms with Crippen molar-refractivity contribution in [1.82, 2.24) is 0 Å². The largest absolute Gasteiger partial charge is 0.370 e. The molecule has 106 valence electrons. The van der Waals surface area contributed by atoms with Gasteiger partial charge in [-0.05, 0) is 37.0 Å². The second-order valence-electron chi connectivity index (χ2n) is 6.13. The zero-order chi connectivity index (χ0) is 13.9. The van der Waals surface area contributed by atoms with Gasteiger partial charge >= 0.3 is 0 Å². The number of aryl methyl sites for hydroxylation is 1. The smallest absolute Gasteiger partial charge is 0.0414 e. The monoisotopic (exact) mass is 260 g/mol. The Hall–Kier alpha value is -1.02. The Balaban J connectivity index is 2.13. The maximum atomic E-state index is 5.93. The lowest BCUT2D eigenvalue weighted by molar-refractivity contribution is 0.173. The minimum absolute atomic E-state index is 0.569. The Bertz CT molecular complexity index is 411. The number of anilines is 1. The fourth-order valence-electron chi connectivity index (χ4n) is 3.68. The Morgan fingerprint density at radius 1 is 1.16 bits per heavy atom. The number of benzene rings is 1. The normalized spacial score (nSPS) is 17.4. The SMILES string of the molecule is CCCC1(CCC)CN(c2cccc(C)c2CN)C1. The van der Waals surface area contributed by atoms with Crippen molar-refractivity contribution in [2.24, 2.45) is 11.1 Å². The van der Waals surface area contributed by atoms with Crippen LogP contribution in [-0.2, 0) is 6.54 Å². The number of nitrogens with two attached hydrogens (primary N) is 1. The van der Waals surface area contributed by atoms with E-state index in [1.54, 1.807) is 0 Å². The highest BCUT2D eigenvalue weighted by Gasteiger charge is 2.41. The van der Waals surface area contributed by atoms with Crippen molar-refractivity contribution in [1.29, 1.82) is 0 Å². The highest BCUT2D eigenvalue weighted by atomic mass is 15.2. The lowest BCUT2D eigenvalue weighted by Crippen LogP contribution is -2.56. The van der Waals surface area contributed by atoms with Gasteiger partial charge < -0.3 is 10.6 Å². The first-order valence-electron chi connectivity index (χ1n) is 7.69. The highest BCUT2D eigenvalue weighted by Crippen LogP contribution is 2.43. The number of rotatable bonds is 6. The predicted molar refractivity (Wildman–Crippen MR) is 83.5 cm³/mol. The molecule has 0 bridgehead atoms. The van der Waals surface area contributed by atoms with Gasteiger partial charge in [0.1, 0.15) is 0 Å². The molecule has 1 aromatic rings. The van der Waals surface area contributed by atoms with E-state index in [1.807, 2.05) is 0 Å². The van der Waals surface area contributed by atoms with Gasteiger partial charge in [0.25, 0.3) is 0 Å². The number of hydrogen-bond acceptors (Lipinski definition) is 2. The molecule has 0 saturated carbocycles. The summed E-state index contributed by atoms with van der Waals surface area (Å²) >= 11 is 0. The van der Waals surface area contributed by atoms with E-state index in [-0.39, 0.29) is 0 Å². The topological polar surface area (TPSA) is 29.3 Å². The van der Waals surface area contributed by atoms with Crippen LogP contribution >= 0.6 is 0 Å². The fraction of sp³-hybridized carbons (Fsp3) is 0.647. The fourth-order valence-corrected chi connectivity index (χ4v) is 3.68. The first kappa shape index (κ1) is 14.4. The summed E-state index contributed by atoms with van der Waals surface area (Å²) in [6, 6.07) is 6.55. The minimum Gasteiger partial charge on any atom is -0.370 e. The van der Waals surface area contributed by atoms with Gasteiger partial charge in [0.15, 0.2) is 0 Å². The standard InChI is InChI=1S/C17H28N2/c1-4-9-17(10-5-2)12-19(13-17)16-8-6-7-14(3)15(16)11-18/h6-8H,4-5,9-13,18H2,1-3H3. The molecule has 1 aliphatic rings. The lowest BCUT2D eigenvalue weighted by Gasteiger charge is -2.52. The van der Waals surface area contributed by atoms with Crippen molar-refractivity contribution < 1.29 is 0 Å². The molecule has 0 radical (unpaired) electrons. The summed E-state index contributed by atoms with van der Waals surface area (Å²) in [5.74, 6) is 0. The van der Waals surface area contributed by atoms with Gasteiger partial charge in [0.05, 0.1) is 0 Å². The zero-order valence-corrected chi connectivity index (χ0v) is 12.7. The summed E-state index contributed by atoms with van der Waals surface area (Å²) in [5, 5.41) is 0. The van der Waals surface area contributed by atoms with Crippen molar-refractivity contribution in [3.8, 4) is 0 Å². The Morgan fingerprint density at radius 2 is 1.79 bits per heavy atom. The molecule has 1 aliphatic heterocycles. The molecular formula is C17H28N2. The van der Waals surface area contributed by atoms with Gasteiger partial charge in [-0.25, -0.2) is 0 Å². The van der Waals surface area contributed by atoms with Gasteiger partial charge in [0.2, 0.25) is 0 Å². The van der Waals surface area contributed by atoms with E-state index in [0.717, 1.165) is 0 Å². The summed E-state index contributed by atoms with van der Waals surface area (Å²) in [7, 11) is 0. The van der Waals surface area contributed by atoms with E-state index in [1.165, 1.54) is 55.6 Å². The van der Waals surface area contributed by atoms with Crippen LogP contribution < -0.4 is 10.6 Å². The maximum Gasteiger partial charge on any atom is 0.0414 e. The molecule has 2 heteroatoms. The molecule has 2 N–H and O–H groups in total. The van der Waals surface area contributed by atoms with E-state index in [0.29, 0.717) is 12.0 Å². The zero-order valence-electron chi connectivity index (χ0n) is 12.7. The van der Waals surface area contributed by atoms with Crippen molar-refractivity contribution in [3.63, 3.8) is 0 Å². The molecule has 0 aromatic heterocycles. The molecule has 19 heavy (non-hydrogen) atoms. The summed E-state index contributed by atoms with van der Waals surface area (Å²) in [6.45, 7) is 9.84. The molecule has 1 fully saturated rings. The van der Waals surface area contributed by atoms with E-state index in [9.17, 15) is 0 Å². The maximum absolute atomic E-state index is 5.93. The van der Waals surface area contributed by atoms with Gasteiger partial charge in [0, 0.05) is 30.7 Å². The van der Waals surface area contributed by atoms with Crippen molar-refractivity contribution in [2.75, 3.05) is 18.0 Å². The molecule has 0 spiro atoms. The lowest BCUT2D eigenvalue weighted by atomic mass is 9.72. The molecule has 1 heterocycles. The molecule has 1 saturated heterocycles. The third-order valence-electron chi connectivity index (χ3n) is 4.54. The predicted octanol–water partition coefficient (Wildman–Crippen LogP) is 3.86. The van der Waals surface area contributed by atoms with Crippen LogP contribution in [-0.4, -0.2) is 13.1 Å². The second kappa shape index (κ2) is 5.96. The number of nitrogens with zero attached hydrogens (tertiary/aromatic N) is 1. The van der Waals surface area contributed by atoms with Crippen LogP contribution in [0.15, 0.2) is 18.2 Å². The first-order chi connectivity index (χ1) is 9.15. The summed E-state index contributed by atoms with van der Waals surface area (Å²) in [6.07, 6.45) is 5.32. The molecule has 0 unspecified atom stereocenters. The third-order valence-corrected chi connectivity index (χ3v) is 4.54. The average Bonchev–Trinajstić information content (AvgIpc) is 2.35. The molecule has 1 aromatic carbocycles. The van der Waals surface area contributed by atoms with Gasteiger partial charge in [-0.3, -0.25) is 0 Å². The van der Waals surface area contributed by atoms with E-state index < -0.39 is 0 Å². The van der Waals surface area contributed by atoms with Crippen LogP contribution in [0.25, 0.3) is 0 Å². The van der Waals surface area contributed by atoms with Crippen LogP contribution in [0.2, 0.25) is 0 Å². The minimum atomic E-state index is 0.569. The van der Waals surface area contributed by atoms with Gasteiger partial charge in [-0.15, -0.1) is 0 Å². The summed E-state index contributed by atoms with van der Waals surface area (Å²) in [4.78, 5) is 2.53.